The smallest absolute Gasteiger partial charge is 0.387 e. The Labute approximate surface area is 165 Å². The molecule has 0 saturated carbocycles. The molecule has 0 saturated heterocycles. The van der Waals surface area contributed by atoms with Crippen molar-refractivity contribution in [3.63, 3.8) is 0 Å². The third-order valence-corrected chi connectivity index (χ3v) is 4.37. The Morgan fingerprint density at radius 1 is 1.29 bits per heavy atom. The molecular weight excluding hydrogens is 396 g/mol. The van der Waals surface area contributed by atoms with Gasteiger partial charge in [-0.05, 0) is 37.7 Å². The van der Waals surface area contributed by atoms with Crippen molar-refractivity contribution in [2.75, 3.05) is 12.4 Å². The number of benzene rings is 2. The Kier molecular flexibility index (Phi) is 7.24. The standard InChI is InChI=1S/C18H18ClF2N3O4/c1-11(17(25)22-16-9-13(24(26)27)5-8-15(16)19)23(2)10-12-3-6-14(7-4-12)28-18(20)21/h3-9,11,18H,10H2,1-2H3,(H,22,25)/t11-/m1/s1. The number of anilines is 1. The maximum Gasteiger partial charge on any atom is 0.387 e. The number of likely N-dealkylation sites (N-methyl/N-ethyl adjacent to an activating group) is 1. The summed E-state index contributed by atoms with van der Waals surface area (Å²) in [6, 6.07) is 9.27. The molecule has 10 heteroatoms. The highest BCUT2D eigenvalue weighted by atomic mass is 35.5. The van der Waals surface area contributed by atoms with E-state index in [1.54, 1.807) is 31.0 Å². The fourth-order valence-corrected chi connectivity index (χ4v) is 2.53. The lowest BCUT2D eigenvalue weighted by Crippen LogP contribution is -2.39. The number of rotatable bonds is 8. The van der Waals surface area contributed by atoms with Crippen LogP contribution in [0.4, 0.5) is 20.2 Å². The molecule has 0 aliphatic heterocycles. The lowest BCUT2D eigenvalue weighted by molar-refractivity contribution is -0.384. The third kappa shape index (κ3) is 5.86. The van der Waals surface area contributed by atoms with Crippen LogP contribution in [-0.2, 0) is 11.3 Å². The van der Waals surface area contributed by atoms with Gasteiger partial charge < -0.3 is 10.1 Å². The summed E-state index contributed by atoms with van der Waals surface area (Å²) in [5, 5.41) is 13.6. The zero-order chi connectivity index (χ0) is 20.8. The number of non-ortho nitro benzene ring substituents is 1. The molecule has 28 heavy (non-hydrogen) atoms. The number of alkyl halides is 2. The molecular formula is C18H18ClF2N3O4. The molecule has 0 radical (unpaired) electrons. The molecule has 150 valence electrons. The molecule has 2 aromatic carbocycles. The highest BCUT2D eigenvalue weighted by Gasteiger charge is 2.20. The normalized spacial score (nSPS) is 12.1. The van der Waals surface area contributed by atoms with E-state index in [1.807, 2.05) is 0 Å². The first kappa shape index (κ1) is 21.5. The van der Waals surface area contributed by atoms with Crippen LogP contribution < -0.4 is 10.1 Å². The second-order valence-electron chi connectivity index (χ2n) is 6.02. The van der Waals surface area contributed by atoms with Crippen molar-refractivity contribution in [1.82, 2.24) is 4.90 Å². The van der Waals surface area contributed by atoms with Crippen LogP contribution in [0.2, 0.25) is 5.02 Å². The van der Waals surface area contributed by atoms with Gasteiger partial charge in [0.2, 0.25) is 5.91 Å². The predicted molar refractivity (Wildman–Crippen MR) is 101 cm³/mol. The summed E-state index contributed by atoms with van der Waals surface area (Å²) in [7, 11) is 1.71. The number of nitro benzene ring substituents is 1. The van der Waals surface area contributed by atoms with E-state index in [1.165, 1.54) is 30.3 Å². The topological polar surface area (TPSA) is 84.7 Å². The fraction of sp³-hybridized carbons (Fsp3) is 0.278. The van der Waals surface area contributed by atoms with Crippen molar-refractivity contribution in [3.05, 3.63) is 63.2 Å². The molecule has 0 spiro atoms. The van der Waals surface area contributed by atoms with Crippen LogP contribution in [0.25, 0.3) is 0 Å². The zero-order valence-electron chi connectivity index (χ0n) is 15.1. The lowest BCUT2D eigenvalue weighted by atomic mass is 10.1. The van der Waals surface area contributed by atoms with Crippen molar-refractivity contribution >= 4 is 28.9 Å². The van der Waals surface area contributed by atoms with Crippen LogP contribution >= 0.6 is 11.6 Å². The van der Waals surface area contributed by atoms with Crippen LogP contribution in [0.3, 0.4) is 0 Å². The third-order valence-electron chi connectivity index (χ3n) is 4.04. The van der Waals surface area contributed by atoms with Crippen molar-refractivity contribution in [1.29, 1.82) is 0 Å². The van der Waals surface area contributed by atoms with E-state index < -0.39 is 23.5 Å². The first-order valence-electron chi connectivity index (χ1n) is 8.16. The number of ether oxygens (including phenoxy) is 1. The molecule has 2 aromatic rings. The van der Waals surface area contributed by atoms with Gasteiger partial charge in [-0.1, -0.05) is 23.7 Å². The lowest BCUT2D eigenvalue weighted by Gasteiger charge is -2.24. The summed E-state index contributed by atoms with van der Waals surface area (Å²) >= 11 is 5.99. The highest BCUT2D eigenvalue weighted by Crippen LogP contribution is 2.27. The first-order chi connectivity index (χ1) is 13.2. The molecule has 2 rings (SSSR count). The van der Waals surface area contributed by atoms with Crippen LogP contribution in [0.5, 0.6) is 5.75 Å². The number of nitrogens with zero attached hydrogens (tertiary/aromatic N) is 2. The van der Waals surface area contributed by atoms with Gasteiger partial charge in [0.05, 0.1) is 21.7 Å². The minimum absolute atomic E-state index is 0.0486. The Hall–Kier alpha value is -2.78. The van der Waals surface area contributed by atoms with Crippen molar-refractivity contribution < 1.29 is 23.2 Å². The van der Waals surface area contributed by atoms with Crippen molar-refractivity contribution in [2.24, 2.45) is 0 Å². The maximum absolute atomic E-state index is 12.5. The number of hydrogen-bond acceptors (Lipinski definition) is 5. The molecule has 7 nitrogen and oxygen atoms in total. The summed E-state index contributed by atoms with van der Waals surface area (Å²) in [4.78, 5) is 24.5. The molecule has 0 bridgehead atoms. The SMILES string of the molecule is C[C@H](C(=O)Nc1cc([N+](=O)[O-])ccc1Cl)N(C)Cc1ccc(OC(F)F)cc1. The van der Waals surface area contributed by atoms with Crippen LogP contribution in [0.1, 0.15) is 12.5 Å². The second-order valence-corrected chi connectivity index (χ2v) is 6.43. The van der Waals surface area contributed by atoms with Gasteiger partial charge in [0, 0.05) is 18.7 Å². The Bertz CT molecular complexity index is 849. The number of carbonyl (C=O) groups excluding carboxylic acids is 1. The molecule has 1 amide bonds. The predicted octanol–water partition coefficient (Wildman–Crippen LogP) is 4.31. The Morgan fingerprint density at radius 3 is 2.50 bits per heavy atom. The van der Waals surface area contributed by atoms with Crippen molar-refractivity contribution in [2.45, 2.75) is 26.1 Å². The molecule has 0 aliphatic rings. The quantitative estimate of drug-likeness (QED) is 0.515. The monoisotopic (exact) mass is 413 g/mol. The second kappa shape index (κ2) is 9.43. The van der Waals surface area contributed by atoms with Crippen molar-refractivity contribution in [3.8, 4) is 5.75 Å². The van der Waals surface area contributed by atoms with E-state index in [9.17, 15) is 23.7 Å². The highest BCUT2D eigenvalue weighted by molar-refractivity contribution is 6.33. The maximum atomic E-state index is 12.5. The molecule has 1 N–H and O–H groups in total. The summed E-state index contributed by atoms with van der Waals surface area (Å²) < 4.78 is 28.7. The first-order valence-corrected chi connectivity index (χ1v) is 8.54. The van der Waals surface area contributed by atoms with Gasteiger partial charge in [0.25, 0.3) is 5.69 Å². The van der Waals surface area contributed by atoms with Gasteiger partial charge in [-0.3, -0.25) is 19.8 Å². The van der Waals surface area contributed by atoms with E-state index in [-0.39, 0.29) is 22.1 Å². The number of hydrogen-bond donors (Lipinski definition) is 1. The largest absolute Gasteiger partial charge is 0.435 e. The molecule has 0 unspecified atom stereocenters. The van der Waals surface area contributed by atoms with E-state index in [2.05, 4.69) is 10.1 Å². The molecule has 0 aliphatic carbocycles. The number of carbonyl (C=O) groups is 1. The molecule has 0 fully saturated rings. The summed E-state index contributed by atoms with van der Waals surface area (Å²) in [6.45, 7) is -0.862. The van der Waals surface area contributed by atoms with Crippen LogP contribution in [0.15, 0.2) is 42.5 Å². The Morgan fingerprint density at radius 2 is 1.93 bits per heavy atom. The minimum atomic E-state index is -2.89. The summed E-state index contributed by atoms with van der Waals surface area (Å²) in [5.41, 5.74) is 0.749. The van der Waals surface area contributed by atoms with E-state index in [0.717, 1.165) is 5.56 Å². The summed E-state index contributed by atoms with van der Waals surface area (Å²) in [5.74, 6) is -0.352. The average Bonchev–Trinajstić information content (AvgIpc) is 2.63. The minimum Gasteiger partial charge on any atom is -0.435 e. The molecule has 0 aromatic heterocycles. The fourth-order valence-electron chi connectivity index (χ4n) is 2.36. The summed E-state index contributed by atoms with van der Waals surface area (Å²) in [6.07, 6.45) is 0. The number of nitro groups is 1. The molecule has 0 heterocycles. The number of halogens is 3. The average molecular weight is 414 g/mol. The van der Waals surface area contributed by atoms with Gasteiger partial charge in [0.15, 0.2) is 0 Å². The van der Waals surface area contributed by atoms with Crippen LogP contribution in [-0.4, -0.2) is 35.4 Å². The molecule has 1 atom stereocenters. The van der Waals surface area contributed by atoms with E-state index >= 15 is 0 Å². The zero-order valence-corrected chi connectivity index (χ0v) is 15.8. The van der Waals surface area contributed by atoms with Gasteiger partial charge >= 0.3 is 6.61 Å². The number of amides is 1. The van der Waals surface area contributed by atoms with Gasteiger partial charge in [-0.15, -0.1) is 0 Å². The van der Waals surface area contributed by atoms with Crippen LogP contribution in [0, 0.1) is 10.1 Å². The van der Waals surface area contributed by atoms with Gasteiger partial charge in [-0.2, -0.15) is 8.78 Å². The van der Waals surface area contributed by atoms with Gasteiger partial charge in [-0.25, -0.2) is 0 Å². The Balaban J connectivity index is 2.00. The van der Waals surface area contributed by atoms with E-state index in [0.29, 0.717) is 6.54 Å². The van der Waals surface area contributed by atoms with E-state index in [4.69, 9.17) is 11.6 Å². The van der Waals surface area contributed by atoms with Gasteiger partial charge in [0.1, 0.15) is 5.75 Å². The number of nitrogens with one attached hydrogen (secondary N) is 1.